The van der Waals surface area contributed by atoms with E-state index in [1.807, 2.05) is 29.6 Å². The Hall–Kier alpha value is -2.85. The van der Waals surface area contributed by atoms with Crippen molar-refractivity contribution in [1.82, 2.24) is 24.7 Å². The molecule has 2 aliphatic heterocycles. The summed E-state index contributed by atoms with van der Waals surface area (Å²) in [4.78, 5) is 8.84. The molecule has 2 aromatic carbocycles. The smallest absolute Gasteiger partial charge is 0.179 e. The highest BCUT2D eigenvalue weighted by Crippen LogP contribution is 2.27. The number of nitrogens with zero attached hydrogens (tertiary/aromatic N) is 5. The van der Waals surface area contributed by atoms with Gasteiger partial charge in [-0.25, -0.2) is 4.98 Å². The van der Waals surface area contributed by atoms with Crippen LogP contribution >= 0.6 is 11.6 Å². The van der Waals surface area contributed by atoms with E-state index in [0.29, 0.717) is 5.92 Å². The van der Waals surface area contributed by atoms with Gasteiger partial charge < -0.3 is 14.8 Å². The minimum Gasteiger partial charge on any atom is -0.333 e. The average molecular weight is 489 g/mol. The van der Waals surface area contributed by atoms with Crippen LogP contribution in [-0.4, -0.2) is 45.5 Å². The standard InChI is InChI=1S/C28H33ClN6/c29-27-8-4-2-6-24(27)18-34-14-11-23-5-1-3-7-26(23)28(19-34)32-16-25-15-31-21-35(25)17-22-9-12-33(20-30)13-10-22/h1-8,15,21-22,28,32H,9-14,16-19H2. The minimum absolute atomic E-state index is 0.235. The second-order valence-electron chi connectivity index (χ2n) is 9.78. The van der Waals surface area contributed by atoms with E-state index < -0.39 is 0 Å². The van der Waals surface area contributed by atoms with Crippen LogP contribution in [0.1, 0.15) is 41.3 Å². The van der Waals surface area contributed by atoms with Gasteiger partial charge in [0, 0.05) is 63.1 Å². The van der Waals surface area contributed by atoms with Crippen molar-refractivity contribution in [1.29, 1.82) is 5.26 Å². The van der Waals surface area contributed by atoms with E-state index in [1.54, 1.807) is 0 Å². The summed E-state index contributed by atoms with van der Waals surface area (Å²) in [7, 11) is 0. The number of rotatable bonds is 7. The number of nitrogens with one attached hydrogen (secondary N) is 1. The highest BCUT2D eigenvalue weighted by Gasteiger charge is 2.24. The maximum atomic E-state index is 9.12. The Morgan fingerprint density at radius 1 is 1.06 bits per heavy atom. The van der Waals surface area contributed by atoms with Gasteiger partial charge in [0.25, 0.3) is 0 Å². The van der Waals surface area contributed by atoms with Gasteiger partial charge in [-0.15, -0.1) is 0 Å². The van der Waals surface area contributed by atoms with Gasteiger partial charge in [0.2, 0.25) is 0 Å². The number of halogens is 1. The number of aromatic nitrogens is 2. The SMILES string of the molecule is N#CN1CCC(Cn2cncc2CNC2CN(Cc3ccccc3Cl)CCc3ccccc32)CC1. The van der Waals surface area contributed by atoms with Crippen molar-refractivity contribution in [2.75, 3.05) is 26.2 Å². The van der Waals surface area contributed by atoms with Gasteiger partial charge in [0.15, 0.2) is 6.19 Å². The molecule has 0 saturated carbocycles. The van der Waals surface area contributed by atoms with Gasteiger partial charge in [-0.3, -0.25) is 4.90 Å². The van der Waals surface area contributed by atoms with Crippen LogP contribution in [0.2, 0.25) is 5.02 Å². The molecular formula is C28H33ClN6. The molecule has 1 unspecified atom stereocenters. The Labute approximate surface area is 213 Å². The highest BCUT2D eigenvalue weighted by atomic mass is 35.5. The number of fused-ring (bicyclic) bond motifs is 1. The summed E-state index contributed by atoms with van der Waals surface area (Å²) in [5.74, 6) is 0.595. The quantitative estimate of drug-likeness (QED) is 0.492. The molecule has 0 amide bonds. The lowest BCUT2D eigenvalue weighted by Crippen LogP contribution is -2.34. The van der Waals surface area contributed by atoms with Gasteiger partial charge in [0.1, 0.15) is 0 Å². The predicted molar refractivity (Wildman–Crippen MR) is 139 cm³/mol. The Kier molecular flexibility index (Phi) is 7.68. The number of hydrogen-bond donors (Lipinski definition) is 1. The van der Waals surface area contributed by atoms with Crippen LogP contribution in [0.3, 0.4) is 0 Å². The monoisotopic (exact) mass is 488 g/mol. The normalized spacial score (nSPS) is 19.2. The first kappa shape index (κ1) is 23.9. The predicted octanol–water partition coefficient (Wildman–Crippen LogP) is 4.62. The molecule has 7 heteroatoms. The third-order valence-electron chi connectivity index (χ3n) is 7.46. The van der Waals surface area contributed by atoms with Crippen molar-refractivity contribution in [3.05, 3.63) is 88.5 Å². The number of piperidine rings is 1. The third kappa shape index (κ3) is 5.87. The summed E-state index contributed by atoms with van der Waals surface area (Å²) in [6.45, 7) is 6.27. The van der Waals surface area contributed by atoms with Crippen LogP contribution in [0.25, 0.3) is 0 Å². The second-order valence-corrected chi connectivity index (χ2v) is 10.2. The first-order chi connectivity index (χ1) is 17.2. The molecule has 5 rings (SSSR count). The van der Waals surface area contributed by atoms with Gasteiger partial charge in [-0.2, -0.15) is 5.26 Å². The van der Waals surface area contributed by atoms with E-state index in [4.69, 9.17) is 16.9 Å². The van der Waals surface area contributed by atoms with E-state index >= 15 is 0 Å². The molecule has 1 fully saturated rings. The fourth-order valence-corrected chi connectivity index (χ4v) is 5.59. The van der Waals surface area contributed by atoms with E-state index in [0.717, 1.165) is 70.1 Å². The summed E-state index contributed by atoms with van der Waals surface area (Å²) in [5, 5.41) is 13.8. The summed E-state index contributed by atoms with van der Waals surface area (Å²) >= 11 is 6.48. The van der Waals surface area contributed by atoms with Crippen molar-refractivity contribution >= 4 is 11.6 Å². The Morgan fingerprint density at radius 3 is 2.69 bits per heavy atom. The number of nitriles is 1. The summed E-state index contributed by atoms with van der Waals surface area (Å²) in [6.07, 6.45) is 9.39. The molecule has 1 atom stereocenters. The van der Waals surface area contributed by atoms with Gasteiger partial charge in [-0.05, 0) is 47.9 Å². The van der Waals surface area contributed by atoms with E-state index in [1.165, 1.54) is 22.4 Å². The lowest BCUT2D eigenvalue weighted by Gasteiger charge is -2.29. The zero-order valence-electron chi connectivity index (χ0n) is 20.1. The van der Waals surface area contributed by atoms with Crippen molar-refractivity contribution < 1.29 is 0 Å². The molecular weight excluding hydrogens is 456 g/mol. The average Bonchev–Trinajstić information content (AvgIpc) is 3.25. The number of imidazole rings is 1. The molecule has 1 N–H and O–H groups in total. The lowest BCUT2D eigenvalue weighted by molar-refractivity contribution is 0.230. The Balaban J connectivity index is 1.27. The van der Waals surface area contributed by atoms with Crippen molar-refractivity contribution in [2.24, 2.45) is 5.92 Å². The summed E-state index contributed by atoms with van der Waals surface area (Å²) in [5.41, 5.74) is 5.21. The largest absolute Gasteiger partial charge is 0.333 e. The molecule has 182 valence electrons. The maximum Gasteiger partial charge on any atom is 0.179 e. The van der Waals surface area contributed by atoms with Crippen molar-refractivity contribution in [2.45, 2.75) is 44.9 Å². The number of benzene rings is 2. The second kappa shape index (κ2) is 11.3. The number of likely N-dealkylation sites (tertiary alicyclic amines) is 1. The maximum absolute atomic E-state index is 9.12. The molecule has 0 bridgehead atoms. The van der Waals surface area contributed by atoms with Crippen LogP contribution in [0.15, 0.2) is 61.1 Å². The van der Waals surface area contributed by atoms with Crippen molar-refractivity contribution in [3.8, 4) is 6.19 Å². The molecule has 3 heterocycles. The molecule has 0 spiro atoms. The molecule has 0 aliphatic carbocycles. The van der Waals surface area contributed by atoms with Gasteiger partial charge in [0.05, 0.1) is 12.0 Å². The van der Waals surface area contributed by atoms with Gasteiger partial charge >= 0.3 is 0 Å². The fraction of sp³-hybridized carbons (Fsp3) is 0.429. The number of hydrogen-bond acceptors (Lipinski definition) is 5. The lowest BCUT2D eigenvalue weighted by atomic mass is 9.97. The van der Waals surface area contributed by atoms with Crippen LogP contribution in [0.4, 0.5) is 0 Å². The van der Waals surface area contributed by atoms with E-state index in [2.05, 4.69) is 62.4 Å². The first-order valence-corrected chi connectivity index (χ1v) is 13.0. The zero-order chi connectivity index (χ0) is 24.0. The molecule has 2 aliphatic rings. The van der Waals surface area contributed by atoms with Crippen LogP contribution in [0, 0.1) is 17.4 Å². The van der Waals surface area contributed by atoms with Gasteiger partial charge in [-0.1, -0.05) is 54.1 Å². The van der Waals surface area contributed by atoms with Crippen molar-refractivity contribution in [3.63, 3.8) is 0 Å². The van der Waals surface area contributed by atoms with E-state index in [9.17, 15) is 0 Å². The summed E-state index contributed by atoms with van der Waals surface area (Å²) in [6, 6.07) is 17.2. The highest BCUT2D eigenvalue weighted by molar-refractivity contribution is 6.31. The first-order valence-electron chi connectivity index (χ1n) is 12.6. The minimum atomic E-state index is 0.235. The Bertz CT molecular complexity index is 1160. The fourth-order valence-electron chi connectivity index (χ4n) is 5.40. The Morgan fingerprint density at radius 2 is 1.86 bits per heavy atom. The summed E-state index contributed by atoms with van der Waals surface area (Å²) < 4.78 is 2.30. The third-order valence-corrected chi connectivity index (χ3v) is 7.83. The van der Waals surface area contributed by atoms with Crippen LogP contribution in [0.5, 0.6) is 0 Å². The molecule has 3 aromatic rings. The molecule has 35 heavy (non-hydrogen) atoms. The van der Waals surface area contributed by atoms with Crippen LogP contribution < -0.4 is 5.32 Å². The molecule has 0 radical (unpaired) electrons. The topological polar surface area (TPSA) is 60.1 Å². The van der Waals surface area contributed by atoms with E-state index in [-0.39, 0.29) is 6.04 Å². The van der Waals surface area contributed by atoms with Crippen LogP contribution in [-0.2, 0) is 26.1 Å². The molecule has 1 aromatic heterocycles. The molecule has 6 nitrogen and oxygen atoms in total. The molecule has 1 saturated heterocycles. The zero-order valence-corrected chi connectivity index (χ0v) is 20.9.